The standard InChI is InChI=1S/C71H49N3/c1-3-19-62(20-4-1)73(63-21-5-2-6-22-63)64-43-39-54(40-44-64)66-23-11-13-25-68(66)69-26-14-12-24-67(69)55-41-45-65(46-42-55)74-71(57-35-29-53(30-36-57)61-38-32-51-16-8-10-18-59(51)48-61)49-70(72-74)56-33-27-52(28-34-56)60-37-31-50-15-7-9-17-58(50)47-60/h1-49H. The van der Waals surface area contributed by atoms with Crippen LogP contribution in [-0.2, 0) is 0 Å². The Morgan fingerprint density at radius 2 is 0.608 bits per heavy atom. The summed E-state index contributed by atoms with van der Waals surface area (Å²) in [6.07, 6.45) is 0. The quantitative estimate of drug-likeness (QED) is 0.129. The average molecular weight is 944 g/mol. The fourth-order valence-electron chi connectivity index (χ4n) is 10.4. The van der Waals surface area contributed by atoms with E-state index < -0.39 is 0 Å². The predicted octanol–water partition coefficient (Wildman–Crippen LogP) is 19.3. The van der Waals surface area contributed by atoms with Crippen LogP contribution in [-0.4, -0.2) is 9.78 Å². The van der Waals surface area contributed by atoms with Crippen molar-refractivity contribution < 1.29 is 0 Å². The van der Waals surface area contributed by atoms with E-state index in [9.17, 15) is 0 Å². The fraction of sp³-hybridized carbons (Fsp3) is 0. The Bertz CT molecular complexity index is 4040. The van der Waals surface area contributed by atoms with Crippen LogP contribution < -0.4 is 4.90 Å². The van der Waals surface area contributed by atoms with Gasteiger partial charge in [-0.2, -0.15) is 5.10 Å². The van der Waals surface area contributed by atoms with Crippen molar-refractivity contribution in [2.45, 2.75) is 0 Å². The first kappa shape index (κ1) is 44.1. The molecule has 0 N–H and O–H groups in total. The SMILES string of the molecule is c1ccc(N(c2ccccc2)c2ccc(-c3ccccc3-c3ccccc3-c3ccc(-n4nc(-c5ccc(-c6ccc7ccccc7c6)cc5)cc4-c4ccc(-c5ccc6ccccc6c5)cc4)cc3)cc2)cc1. The van der Waals surface area contributed by atoms with E-state index in [0.29, 0.717) is 0 Å². The summed E-state index contributed by atoms with van der Waals surface area (Å²) >= 11 is 0. The van der Waals surface area contributed by atoms with E-state index in [1.54, 1.807) is 0 Å². The zero-order valence-electron chi connectivity index (χ0n) is 40.6. The minimum Gasteiger partial charge on any atom is -0.311 e. The van der Waals surface area contributed by atoms with Gasteiger partial charge in [0, 0.05) is 28.2 Å². The van der Waals surface area contributed by atoms with Gasteiger partial charge in [0.25, 0.3) is 0 Å². The third-order valence-corrected chi connectivity index (χ3v) is 14.3. The van der Waals surface area contributed by atoms with E-state index in [2.05, 4.69) is 307 Å². The van der Waals surface area contributed by atoms with Gasteiger partial charge in [0.15, 0.2) is 0 Å². The third kappa shape index (κ3) is 8.63. The van der Waals surface area contributed by atoms with E-state index >= 15 is 0 Å². The lowest BCUT2D eigenvalue weighted by Crippen LogP contribution is -2.09. The van der Waals surface area contributed by atoms with Crippen LogP contribution in [0.5, 0.6) is 0 Å². The van der Waals surface area contributed by atoms with Gasteiger partial charge in [-0.1, -0.05) is 231 Å². The van der Waals surface area contributed by atoms with Crippen LogP contribution in [0, 0.1) is 0 Å². The van der Waals surface area contributed by atoms with E-state index in [1.807, 2.05) is 0 Å². The van der Waals surface area contributed by atoms with Gasteiger partial charge in [-0.05, 0) is 144 Å². The number of hydrogen-bond donors (Lipinski definition) is 0. The van der Waals surface area contributed by atoms with Crippen LogP contribution in [0.4, 0.5) is 17.1 Å². The molecule has 1 aromatic heterocycles. The van der Waals surface area contributed by atoms with Crippen LogP contribution in [0.3, 0.4) is 0 Å². The highest BCUT2D eigenvalue weighted by atomic mass is 15.3. The lowest BCUT2D eigenvalue weighted by Gasteiger charge is -2.25. The van der Waals surface area contributed by atoms with Crippen molar-refractivity contribution in [1.82, 2.24) is 9.78 Å². The molecular formula is C71H49N3. The summed E-state index contributed by atoms with van der Waals surface area (Å²) in [4.78, 5) is 2.30. The molecule has 348 valence electrons. The molecule has 0 saturated carbocycles. The van der Waals surface area contributed by atoms with Gasteiger partial charge in [0.05, 0.1) is 17.1 Å². The molecule has 3 heteroatoms. The maximum atomic E-state index is 5.36. The number of aromatic nitrogens is 2. The molecule has 0 saturated heterocycles. The number of rotatable bonds is 11. The molecule has 0 atom stereocenters. The van der Waals surface area contributed by atoms with Gasteiger partial charge < -0.3 is 4.90 Å². The molecule has 3 nitrogen and oxygen atoms in total. The van der Waals surface area contributed by atoms with Crippen molar-refractivity contribution in [3.05, 3.63) is 297 Å². The summed E-state index contributed by atoms with van der Waals surface area (Å²) in [5.74, 6) is 0. The highest BCUT2D eigenvalue weighted by Gasteiger charge is 2.18. The number of para-hydroxylation sites is 2. The summed E-state index contributed by atoms with van der Waals surface area (Å²) in [5, 5.41) is 10.3. The first-order chi connectivity index (χ1) is 36.7. The van der Waals surface area contributed by atoms with Crippen molar-refractivity contribution in [3.8, 4) is 83.8 Å². The average Bonchev–Trinajstić information content (AvgIpc) is 3.94. The molecule has 0 aliphatic rings. The molecule has 0 aliphatic heterocycles. The first-order valence-corrected chi connectivity index (χ1v) is 25.3. The number of hydrogen-bond acceptors (Lipinski definition) is 2. The zero-order chi connectivity index (χ0) is 49.2. The Morgan fingerprint density at radius 1 is 0.243 bits per heavy atom. The van der Waals surface area contributed by atoms with Crippen LogP contribution in [0.25, 0.3) is 105 Å². The highest BCUT2D eigenvalue weighted by molar-refractivity contribution is 5.93. The zero-order valence-corrected chi connectivity index (χ0v) is 40.6. The number of benzene rings is 12. The van der Waals surface area contributed by atoms with E-state index in [0.717, 1.165) is 56.4 Å². The summed E-state index contributed by atoms with van der Waals surface area (Å²) in [6.45, 7) is 0. The van der Waals surface area contributed by atoms with Crippen LogP contribution in [0.1, 0.15) is 0 Å². The first-order valence-electron chi connectivity index (χ1n) is 25.3. The Balaban J connectivity index is 0.839. The largest absolute Gasteiger partial charge is 0.311 e. The number of nitrogens with zero attached hydrogens (tertiary/aromatic N) is 3. The van der Waals surface area contributed by atoms with Crippen molar-refractivity contribution >= 4 is 38.6 Å². The smallest absolute Gasteiger partial charge is 0.0934 e. The molecule has 0 spiro atoms. The minimum atomic E-state index is 0.913. The maximum absolute atomic E-state index is 5.36. The van der Waals surface area contributed by atoms with Crippen LogP contribution >= 0.6 is 0 Å². The molecule has 0 aliphatic carbocycles. The van der Waals surface area contributed by atoms with Crippen molar-refractivity contribution in [1.29, 1.82) is 0 Å². The summed E-state index contributed by atoms with van der Waals surface area (Å²) in [7, 11) is 0. The normalized spacial score (nSPS) is 11.2. The fourth-order valence-corrected chi connectivity index (χ4v) is 10.4. The molecular weight excluding hydrogens is 895 g/mol. The molecule has 13 aromatic rings. The summed E-state index contributed by atoms with van der Waals surface area (Å²) in [5.41, 5.74) is 20.1. The van der Waals surface area contributed by atoms with E-state index in [-0.39, 0.29) is 0 Å². The third-order valence-electron chi connectivity index (χ3n) is 14.3. The van der Waals surface area contributed by atoms with Crippen LogP contribution in [0.15, 0.2) is 297 Å². The lowest BCUT2D eigenvalue weighted by molar-refractivity contribution is 0.892. The summed E-state index contributed by atoms with van der Waals surface area (Å²) < 4.78 is 2.10. The second kappa shape index (κ2) is 19.4. The van der Waals surface area contributed by atoms with Crippen LogP contribution in [0.2, 0.25) is 0 Å². The molecule has 1 heterocycles. The highest BCUT2D eigenvalue weighted by Crippen LogP contribution is 2.41. The molecule has 13 rings (SSSR count). The lowest BCUT2D eigenvalue weighted by atomic mass is 9.89. The second-order valence-corrected chi connectivity index (χ2v) is 18.8. The van der Waals surface area contributed by atoms with E-state index in [4.69, 9.17) is 5.10 Å². The van der Waals surface area contributed by atoms with Gasteiger partial charge >= 0.3 is 0 Å². The number of fused-ring (bicyclic) bond motifs is 2. The van der Waals surface area contributed by atoms with Crippen molar-refractivity contribution in [2.24, 2.45) is 0 Å². The number of anilines is 3. The van der Waals surface area contributed by atoms with Gasteiger partial charge in [0.2, 0.25) is 0 Å². The molecule has 0 fully saturated rings. The Morgan fingerprint density at radius 3 is 1.11 bits per heavy atom. The van der Waals surface area contributed by atoms with Gasteiger partial charge in [0.1, 0.15) is 0 Å². The predicted molar refractivity (Wildman–Crippen MR) is 311 cm³/mol. The maximum Gasteiger partial charge on any atom is 0.0934 e. The molecule has 12 aromatic carbocycles. The van der Waals surface area contributed by atoms with Gasteiger partial charge in [-0.3, -0.25) is 0 Å². The molecule has 0 radical (unpaired) electrons. The van der Waals surface area contributed by atoms with Crippen molar-refractivity contribution in [3.63, 3.8) is 0 Å². The molecule has 0 unspecified atom stereocenters. The minimum absolute atomic E-state index is 0.913. The van der Waals surface area contributed by atoms with E-state index in [1.165, 1.54) is 66.1 Å². The Labute approximate surface area is 432 Å². The summed E-state index contributed by atoms with van der Waals surface area (Å²) in [6, 6.07) is 107. The Kier molecular flexibility index (Phi) is 11.6. The second-order valence-electron chi connectivity index (χ2n) is 18.8. The van der Waals surface area contributed by atoms with Gasteiger partial charge in [-0.25, -0.2) is 4.68 Å². The molecule has 0 bridgehead atoms. The molecule has 74 heavy (non-hydrogen) atoms. The monoisotopic (exact) mass is 943 g/mol. The van der Waals surface area contributed by atoms with Gasteiger partial charge in [-0.15, -0.1) is 0 Å². The van der Waals surface area contributed by atoms with Crippen molar-refractivity contribution in [2.75, 3.05) is 4.90 Å². The molecule has 0 amide bonds. The topological polar surface area (TPSA) is 21.1 Å². The Hall–Kier alpha value is -9.83.